The van der Waals surface area contributed by atoms with Crippen molar-refractivity contribution in [3.63, 3.8) is 0 Å². The molecular formula is C14H17N. The second-order valence-corrected chi connectivity index (χ2v) is 5.26. The van der Waals surface area contributed by atoms with Crippen molar-refractivity contribution in [3.8, 4) is 0 Å². The molecular weight excluding hydrogens is 182 g/mol. The highest BCUT2D eigenvalue weighted by molar-refractivity contribution is 5.84. The summed E-state index contributed by atoms with van der Waals surface area (Å²) in [5.41, 5.74) is 1.66. The van der Waals surface area contributed by atoms with E-state index in [1.807, 2.05) is 12.4 Å². The third kappa shape index (κ3) is 2.35. The van der Waals surface area contributed by atoms with Crippen LogP contribution in [0.4, 0.5) is 0 Å². The van der Waals surface area contributed by atoms with Gasteiger partial charge in [0.15, 0.2) is 0 Å². The maximum absolute atomic E-state index is 4.30. The third-order valence-electron chi connectivity index (χ3n) is 2.47. The Morgan fingerprint density at radius 1 is 1.07 bits per heavy atom. The van der Waals surface area contributed by atoms with E-state index in [2.05, 4.69) is 50.0 Å². The van der Waals surface area contributed by atoms with Crippen LogP contribution >= 0.6 is 0 Å². The molecule has 0 bridgehead atoms. The van der Waals surface area contributed by atoms with Gasteiger partial charge in [-0.25, -0.2) is 0 Å². The van der Waals surface area contributed by atoms with Crippen LogP contribution in [0.25, 0.3) is 10.8 Å². The van der Waals surface area contributed by atoms with Crippen molar-refractivity contribution in [2.45, 2.75) is 27.2 Å². The minimum atomic E-state index is 0.311. The van der Waals surface area contributed by atoms with Gasteiger partial charge in [-0.2, -0.15) is 0 Å². The second kappa shape index (κ2) is 3.65. The summed E-state index contributed by atoms with van der Waals surface area (Å²) in [5, 5.41) is 2.57. The quantitative estimate of drug-likeness (QED) is 0.680. The molecule has 15 heavy (non-hydrogen) atoms. The number of nitrogens with zero attached hydrogens (tertiary/aromatic N) is 1. The van der Waals surface area contributed by atoms with Crippen LogP contribution in [0.3, 0.4) is 0 Å². The van der Waals surface area contributed by atoms with Gasteiger partial charge in [-0.15, -0.1) is 0 Å². The minimum Gasteiger partial charge on any atom is -0.264 e. The zero-order valence-electron chi connectivity index (χ0n) is 9.62. The maximum Gasteiger partial charge on any atom is 0.0346 e. The SMILES string of the molecule is CC(C)(C)Cc1cncc2ccccc12. The number of fused-ring (bicyclic) bond motifs is 1. The summed E-state index contributed by atoms with van der Waals surface area (Å²) in [5.74, 6) is 0. The first-order valence-electron chi connectivity index (χ1n) is 5.38. The molecule has 0 saturated heterocycles. The molecule has 0 atom stereocenters. The van der Waals surface area contributed by atoms with E-state index in [9.17, 15) is 0 Å². The van der Waals surface area contributed by atoms with E-state index in [4.69, 9.17) is 0 Å². The average Bonchev–Trinajstić information content (AvgIpc) is 2.16. The third-order valence-corrected chi connectivity index (χ3v) is 2.47. The van der Waals surface area contributed by atoms with Crippen LogP contribution in [0.1, 0.15) is 26.3 Å². The first-order chi connectivity index (χ1) is 7.06. The molecule has 0 unspecified atom stereocenters. The van der Waals surface area contributed by atoms with E-state index in [1.165, 1.54) is 16.3 Å². The van der Waals surface area contributed by atoms with Crippen molar-refractivity contribution < 1.29 is 0 Å². The van der Waals surface area contributed by atoms with Crippen molar-refractivity contribution in [2.24, 2.45) is 5.41 Å². The van der Waals surface area contributed by atoms with Crippen LogP contribution < -0.4 is 0 Å². The molecule has 0 radical (unpaired) electrons. The van der Waals surface area contributed by atoms with E-state index in [1.54, 1.807) is 0 Å². The van der Waals surface area contributed by atoms with Crippen LogP contribution in [-0.4, -0.2) is 4.98 Å². The summed E-state index contributed by atoms with van der Waals surface area (Å²) in [6.07, 6.45) is 5.00. The number of benzene rings is 1. The van der Waals surface area contributed by atoms with Gasteiger partial charge in [-0.3, -0.25) is 4.98 Å². The first-order valence-corrected chi connectivity index (χ1v) is 5.38. The van der Waals surface area contributed by atoms with Crippen molar-refractivity contribution in [1.82, 2.24) is 4.98 Å². The van der Waals surface area contributed by atoms with Crippen LogP contribution in [0.5, 0.6) is 0 Å². The maximum atomic E-state index is 4.30. The zero-order chi connectivity index (χ0) is 10.9. The summed E-state index contributed by atoms with van der Waals surface area (Å²) in [4.78, 5) is 4.30. The Hall–Kier alpha value is -1.37. The lowest BCUT2D eigenvalue weighted by molar-refractivity contribution is 0.412. The normalized spacial score (nSPS) is 11.9. The van der Waals surface area contributed by atoms with Gasteiger partial charge < -0.3 is 0 Å². The molecule has 1 nitrogen and oxygen atoms in total. The molecule has 0 aliphatic heterocycles. The largest absolute Gasteiger partial charge is 0.264 e. The average molecular weight is 199 g/mol. The smallest absolute Gasteiger partial charge is 0.0346 e. The van der Waals surface area contributed by atoms with E-state index in [-0.39, 0.29) is 0 Å². The molecule has 0 saturated carbocycles. The molecule has 0 fully saturated rings. The van der Waals surface area contributed by atoms with E-state index in [0.29, 0.717) is 5.41 Å². The lowest BCUT2D eigenvalue weighted by Crippen LogP contribution is -2.09. The summed E-state index contributed by atoms with van der Waals surface area (Å²) < 4.78 is 0. The van der Waals surface area contributed by atoms with Gasteiger partial charge in [0.05, 0.1) is 0 Å². The molecule has 1 heteroatoms. The standard InChI is InChI=1S/C14H17N/c1-14(2,3)8-12-10-15-9-11-6-4-5-7-13(11)12/h4-7,9-10H,8H2,1-3H3. The van der Waals surface area contributed by atoms with Gasteiger partial charge in [0.1, 0.15) is 0 Å². The Morgan fingerprint density at radius 2 is 1.80 bits per heavy atom. The van der Waals surface area contributed by atoms with E-state index in [0.717, 1.165) is 6.42 Å². The zero-order valence-corrected chi connectivity index (χ0v) is 9.62. The summed E-state index contributed by atoms with van der Waals surface area (Å²) >= 11 is 0. The molecule has 2 aromatic rings. The highest BCUT2D eigenvalue weighted by atomic mass is 14.6. The first kappa shape index (κ1) is 10.2. The molecule has 0 amide bonds. The van der Waals surface area contributed by atoms with E-state index >= 15 is 0 Å². The van der Waals surface area contributed by atoms with Gasteiger partial charge in [0.25, 0.3) is 0 Å². The second-order valence-electron chi connectivity index (χ2n) is 5.26. The van der Waals surface area contributed by atoms with Crippen LogP contribution in [0, 0.1) is 5.41 Å². The Bertz CT molecular complexity index is 461. The fourth-order valence-corrected chi connectivity index (χ4v) is 1.89. The number of hydrogen-bond acceptors (Lipinski definition) is 1. The van der Waals surface area contributed by atoms with Crippen molar-refractivity contribution in [2.75, 3.05) is 0 Å². The fourth-order valence-electron chi connectivity index (χ4n) is 1.89. The Balaban J connectivity index is 2.52. The molecule has 78 valence electrons. The van der Waals surface area contributed by atoms with Crippen LogP contribution in [0.2, 0.25) is 0 Å². The lowest BCUT2D eigenvalue weighted by atomic mass is 9.87. The Kier molecular flexibility index (Phi) is 2.47. The highest BCUT2D eigenvalue weighted by Crippen LogP contribution is 2.25. The molecule has 1 aromatic carbocycles. The van der Waals surface area contributed by atoms with Crippen LogP contribution in [0.15, 0.2) is 36.7 Å². The monoisotopic (exact) mass is 199 g/mol. The fraction of sp³-hybridized carbons (Fsp3) is 0.357. The highest BCUT2D eigenvalue weighted by Gasteiger charge is 2.13. The van der Waals surface area contributed by atoms with Gasteiger partial charge in [-0.1, -0.05) is 45.0 Å². The number of hydrogen-bond donors (Lipinski definition) is 0. The number of aromatic nitrogens is 1. The summed E-state index contributed by atoms with van der Waals surface area (Å²) in [6, 6.07) is 8.45. The molecule has 1 heterocycles. The topological polar surface area (TPSA) is 12.9 Å². The number of rotatable bonds is 1. The minimum absolute atomic E-state index is 0.311. The summed E-state index contributed by atoms with van der Waals surface area (Å²) in [7, 11) is 0. The van der Waals surface area contributed by atoms with Crippen LogP contribution in [-0.2, 0) is 6.42 Å². The molecule has 0 aliphatic carbocycles. The molecule has 1 aromatic heterocycles. The predicted molar refractivity (Wildman–Crippen MR) is 64.9 cm³/mol. The van der Waals surface area contributed by atoms with Gasteiger partial charge in [0, 0.05) is 17.8 Å². The van der Waals surface area contributed by atoms with E-state index < -0.39 is 0 Å². The number of pyridine rings is 1. The van der Waals surface area contributed by atoms with Gasteiger partial charge >= 0.3 is 0 Å². The summed E-state index contributed by atoms with van der Waals surface area (Å²) in [6.45, 7) is 6.78. The lowest BCUT2D eigenvalue weighted by Gasteiger charge is -2.18. The Labute approximate surface area is 91.2 Å². The molecule has 0 spiro atoms. The van der Waals surface area contributed by atoms with Gasteiger partial charge in [-0.05, 0) is 22.8 Å². The molecule has 2 rings (SSSR count). The van der Waals surface area contributed by atoms with Gasteiger partial charge in [0.2, 0.25) is 0 Å². The van der Waals surface area contributed by atoms with Crippen molar-refractivity contribution >= 4 is 10.8 Å². The Morgan fingerprint density at radius 3 is 2.53 bits per heavy atom. The predicted octanol–water partition coefficient (Wildman–Crippen LogP) is 3.82. The molecule has 0 N–H and O–H groups in total. The van der Waals surface area contributed by atoms with Crippen molar-refractivity contribution in [1.29, 1.82) is 0 Å². The van der Waals surface area contributed by atoms with Crippen molar-refractivity contribution in [3.05, 3.63) is 42.2 Å². The molecule has 0 aliphatic rings.